The van der Waals surface area contributed by atoms with Gasteiger partial charge in [0.1, 0.15) is 11.5 Å². The third-order valence-electron chi connectivity index (χ3n) is 2.88. The number of carbonyl (C=O) groups excluding carboxylic acids is 1. The fourth-order valence-corrected chi connectivity index (χ4v) is 2.23. The first-order chi connectivity index (χ1) is 9.54. The third kappa shape index (κ3) is 2.20. The van der Waals surface area contributed by atoms with Crippen molar-refractivity contribution in [2.45, 2.75) is 6.92 Å². The molecule has 0 unspecified atom stereocenters. The van der Waals surface area contributed by atoms with Crippen LogP contribution in [-0.4, -0.2) is 5.78 Å². The Morgan fingerprint density at radius 1 is 1.15 bits per heavy atom. The maximum Gasteiger partial charge on any atom is 0.351 e. The molecule has 0 amide bonds. The smallest absolute Gasteiger partial charge is 0.351 e. The first-order valence-corrected chi connectivity index (χ1v) is 6.68. The Labute approximate surface area is 122 Å². The molecule has 0 spiro atoms. The molecule has 5 heteroatoms. The van der Waals surface area contributed by atoms with Crippen LogP contribution in [0.15, 0.2) is 49.8 Å². The molecule has 1 aromatic carbocycles. The van der Waals surface area contributed by atoms with Gasteiger partial charge in [0.25, 0.3) is 0 Å². The van der Waals surface area contributed by atoms with Gasteiger partial charge in [-0.05, 0) is 30.7 Å². The molecule has 1 aliphatic rings. The van der Waals surface area contributed by atoms with E-state index in [4.69, 9.17) is 9.15 Å². The van der Waals surface area contributed by atoms with Gasteiger partial charge in [-0.1, -0.05) is 28.1 Å². The van der Waals surface area contributed by atoms with Crippen molar-refractivity contribution in [2.24, 2.45) is 0 Å². The number of benzene rings is 1. The van der Waals surface area contributed by atoms with Crippen LogP contribution in [-0.2, 0) is 0 Å². The molecular weight excluding hydrogens is 324 g/mol. The van der Waals surface area contributed by atoms with Gasteiger partial charge < -0.3 is 9.15 Å². The summed E-state index contributed by atoms with van der Waals surface area (Å²) >= 11 is 3.34. The Kier molecular flexibility index (Phi) is 3.06. The highest BCUT2D eigenvalue weighted by Gasteiger charge is 2.31. The van der Waals surface area contributed by atoms with E-state index in [9.17, 15) is 9.59 Å². The van der Waals surface area contributed by atoms with Gasteiger partial charge in [0, 0.05) is 10.5 Å². The number of aryl methyl sites for hydroxylation is 1. The number of hydrogen-bond donors (Lipinski definition) is 0. The minimum absolute atomic E-state index is 0.0426. The van der Waals surface area contributed by atoms with Gasteiger partial charge in [-0.2, -0.15) is 0 Å². The summed E-state index contributed by atoms with van der Waals surface area (Å²) in [7, 11) is 0. The van der Waals surface area contributed by atoms with Crippen molar-refractivity contribution in [1.82, 2.24) is 0 Å². The van der Waals surface area contributed by atoms with Crippen LogP contribution < -0.4 is 10.4 Å². The molecular formula is C15H9BrO4. The lowest BCUT2D eigenvalue weighted by atomic mass is 10.1. The molecule has 2 heterocycles. The minimum Gasteiger partial charge on any atom is -0.452 e. The van der Waals surface area contributed by atoms with Crippen LogP contribution in [0.5, 0.6) is 5.75 Å². The summed E-state index contributed by atoms with van der Waals surface area (Å²) in [5.74, 6) is 0.343. The van der Waals surface area contributed by atoms with Crippen LogP contribution in [0.3, 0.4) is 0 Å². The van der Waals surface area contributed by atoms with Gasteiger partial charge in [-0.3, -0.25) is 4.79 Å². The van der Waals surface area contributed by atoms with E-state index in [1.54, 1.807) is 13.0 Å². The number of rotatable bonds is 1. The number of Topliss-reactive ketones (excluding diaryl/α,β-unsaturated/α-hetero) is 1. The Morgan fingerprint density at radius 3 is 2.55 bits per heavy atom. The maximum absolute atomic E-state index is 12.1. The highest BCUT2D eigenvalue weighted by molar-refractivity contribution is 9.10. The molecule has 0 saturated heterocycles. The van der Waals surface area contributed by atoms with E-state index >= 15 is 0 Å². The summed E-state index contributed by atoms with van der Waals surface area (Å²) in [4.78, 5) is 23.8. The standard InChI is InChI=1S/C15H9BrO4/c1-8-6-11-13(15(18)19-8)14(17)12(20-11)7-9-2-4-10(16)5-3-9/h2-7H,1H3/b12-7+. The predicted molar refractivity (Wildman–Crippen MR) is 76.8 cm³/mol. The number of carbonyl (C=O) groups is 1. The van der Waals surface area contributed by atoms with E-state index in [0.29, 0.717) is 5.76 Å². The van der Waals surface area contributed by atoms with Gasteiger partial charge in [-0.25, -0.2) is 4.79 Å². The quantitative estimate of drug-likeness (QED) is 0.751. The van der Waals surface area contributed by atoms with Crippen molar-refractivity contribution in [2.75, 3.05) is 0 Å². The fraction of sp³-hybridized carbons (Fsp3) is 0.0667. The zero-order chi connectivity index (χ0) is 14.3. The second-order valence-corrected chi connectivity index (χ2v) is 5.29. The van der Waals surface area contributed by atoms with Crippen molar-refractivity contribution in [1.29, 1.82) is 0 Å². The number of halogens is 1. The monoisotopic (exact) mass is 332 g/mol. The molecule has 1 aromatic heterocycles. The number of hydrogen-bond acceptors (Lipinski definition) is 4. The molecule has 3 rings (SSSR count). The second kappa shape index (κ2) is 4.76. The molecule has 0 radical (unpaired) electrons. The summed E-state index contributed by atoms with van der Waals surface area (Å²) < 4.78 is 11.3. The molecule has 0 N–H and O–H groups in total. The highest BCUT2D eigenvalue weighted by Crippen LogP contribution is 2.30. The Balaban J connectivity index is 2.04. The fourth-order valence-electron chi connectivity index (χ4n) is 1.96. The van der Waals surface area contributed by atoms with Crippen LogP contribution in [0.2, 0.25) is 0 Å². The lowest BCUT2D eigenvalue weighted by molar-refractivity contribution is 0.101. The van der Waals surface area contributed by atoms with Gasteiger partial charge >= 0.3 is 5.63 Å². The second-order valence-electron chi connectivity index (χ2n) is 4.38. The van der Waals surface area contributed by atoms with Crippen LogP contribution >= 0.6 is 15.9 Å². The normalized spacial score (nSPS) is 15.3. The summed E-state index contributed by atoms with van der Waals surface area (Å²) in [6.45, 7) is 1.63. The van der Waals surface area contributed by atoms with Crippen LogP contribution in [0.4, 0.5) is 0 Å². The molecule has 2 aromatic rings. The van der Waals surface area contributed by atoms with E-state index in [1.807, 2.05) is 24.3 Å². The average Bonchev–Trinajstić information content (AvgIpc) is 2.69. The number of ether oxygens (including phenoxy) is 1. The largest absolute Gasteiger partial charge is 0.452 e. The third-order valence-corrected chi connectivity index (χ3v) is 3.41. The van der Waals surface area contributed by atoms with E-state index in [1.165, 1.54) is 6.07 Å². The number of ketones is 1. The first-order valence-electron chi connectivity index (χ1n) is 5.89. The topological polar surface area (TPSA) is 56.5 Å². The van der Waals surface area contributed by atoms with Gasteiger partial charge in [0.05, 0.1) is 0 Å². The molecule has 0 aliphatic carbocycles. The Bertz CT molecular complexity index is 785. The van der Waals surface area contributed by atoms with E-state index < -0.39 is 11.4 Å². The first kappa shape index (κ1) is 12.9. The molecule has 0 atom stereocenters. The van der Waals surface area contributed by atoms with Crippen LogP contribution in [0, 0.1) is 6.92 Å². The highest BCUT2D eigenvalue weighted by atomic mass is 79.9. The Morgan fingerprint density at radius 2 is 1.85 bits per heavy atom. The van der Waals surface area contributed by atoms with E-state index in [0.717, 1.165) is 10.0 Å². The maximum atomic E-state index is 12.1. The van der Waals surface area contributed by atoms with Crippen molar-refractivity contribution >= 4 is 27.8 Å². The number of allylic oxidation sites excluding steroid dienone is 1. The summed E-state index contributed by atoms with van der Waals surface area (Å²) in [6.07, 6.45) is 1.60. The van der Waals surface area contributed by atoms with Gasteiger partial charge in [-0.15, -0.1) is 0 Å². The zero-order valence-corrected chi connectivity index (χ0v) is 12.1. The van der Waals surface area contributed by atoms with Crippen molar-refractivity contribution in [3.63, 3.8) is 0 Å². The molecule has 0 fully saturated rings. The lowest BCUT2D eigenvalue weighted by Crippen LogP contribution is -2.10. The van der Waals surface area contributed by atoms with E-state index in [2.05, 4.69) is 15.9 Å². The molecule has 0 saturated carbocycles. The molecule has 4 nitrogen and oxygen atoms in total. The minimum atomic E-state index is -0.663. The zero-order valence-electron chi connectivity index (χ0n) is 10.5. The van der Waals surface area contributed by atoms with Crippen LogP contribution in [0.1, 0.15) is 21.7 Å². The Hall–Kier alpha value is -2.14. The lowest BCUT2D eigenvalue weighted by Gasteiger charge is -1.99. The van der Waals surface area contributed by atoms with Gasteiger partial charge in [0.15, 0.2) is 11.3 Å². The molecule has 0 bridgehead atoms. The van der Waals surface area contributed by atoms with Crippen molar-refractivity contribution in [3.05, 3.63) is 67.9 Å². The molecule has 20 heavy (non-hydrogen) atoms. The number of fused-ring (bicyclic) bond motifs is 1. The summed E-state index contributed by atoms with van der Waals surface area (Å²) in [6, 6.07) is 8.93. The SMILES string of the molecule is Cc1cc2c(c(=O)o1)C(=O)/C(=C\c1ccc(Br)cc1)O2. The predicted octanol–water partition coefficient (Wildman–Crippen LogP) is 3.33. The molecule has 100 valence electrons. The van der Waals surface area contributed by atoms with Gasteiger partial charge in [0.2, 0.25) is 5.78 Å². The van der Waals surface area contributed by atoms with Crippen molar-refractivity contribution in [3.8, 4) is 5.75 Å². The van der Waals surface area contributed by atoms with Crippen molar-refractivity contribution < 1.29 is 13.9 Å². The summed E-state index contributed by atoms with van der Waals surface area (Å²) in [5, 5.41) is 0. The summed E-state index contributed by atoms with van der Waals surface area (Å²) in [5.41, 5.74) is 0.105. The molecule has 1 aliphatic heterocycles. The average molecular weight is 333 g/mol. The van der Waals surface area contributed by atoms with Crippen LogP contribution in [0.25, 0.3) is 6.08 Å². The van der Waals surface area contributed by atoms with E-state index in [-0.39, 0.29) is 17.1 Å².